The molecule has 2 N–H and O–H groups in total. The molecule has 4 nitrogen and oxygen atoms in total. The summed E-state index contributed by atoms with van der Waals surface area (Å²) in [6, 6.07) is 9.55. The van der Waals surface area contributed by atoms with Crippen LogP contribution in [0.2, 0.25) is 0 Å². The van der Waals surface area contributed by atoms with Gasteiger partial charge >= 0.3 is 0 Å². The fraction of sp³-hybridized carbons (Fsp3) is 0.400. The lowest BCUT2D eigenvalue weighted by molar-refractivity contribution is -0.115. The van der Waals surface area contributed by atoms with Crippen LogP contribution in [0.5, 0.6) is 0 Å². The summed E-state index contributed by atoms with van der Waals surface area (Å²) in [6.45, 7) is 4.23. The second kappa shape index (κ2) is 9.06. The summed E-state index contributed by atoms with van der Waals surface area (Å²) in [5.41, 5.74) is 1.49. The summed E-state index contributed by atoms with van der Waals surface area (Å²) in [5, 5.41) is 6.18. The molecular formula is C20H26N2O2. The number of hydrogen-bond acceptors (Lipinski definition) is 4. The molecule has 0 saturated carbocycles. The third kappa shape index (κ3) is 5.37. The molecule has 2 rings (SSSR count). The maximum Gasteiger partial charge on any atom is 0.204 e. The lowest BCUT2D eigenvalue weighted by Crippen LogP contribution is -2.32. The van der Waals surface area contributed by atoms with Crippen LogP contribution in [0.25, 0.3) is 0 Å². The van der Waals surface area contributed by atoms with E-state index in [1.54, 1.807) is 0 Å². The number of hydrogen-bond donors (Lipinski definition) is 2. The molecule has 4 heteroatoms. The summed E-state index contributed by atoms with van der Waals surface area (Å²) in [6.07, 6.45) is 8.56. The molecule has 0 saturated heterocycles. The Morgan fingerprint density at radius 2 is 1.58 bits per heavy atom. The molecule has 0 radical (unpaired) electrons. The molecule has 1 aliphatic rings. The lowest BCUT2D eigenvalue weighted by atomic mass is 10.0. The molecule has 0 spiro atoms. The van der Waals surface area contributed by atoms with Gasteiger partial charge in [0, 0.05) is 23.9 Å². The average Bonchev–Trinajstić information content (AvgIpc) is 2.57. The van der Waals surface area contributed by atoms with E-state index >= 15 is 0 Å². The number of anilines is 1. The Hall–Kier alpha value is -2.36. The van der Waals surface area contributed by atoms with Gasteiger partial charge in [0.1, 0.15) is 0 Å². The van der Waals surface area contributed by atoms with E-state index in [9.17, 15) is 9.59 Å². The SMILES string of the molecule is CCCCCCC(C)NC1=CC(=O)C(Nc2ccccc2)=CC1=O. The molecule has 0 heterocycles. The van der Waals surface area contributed by atoms with Crippen LogP contribution in [0.1, 0.15) is 46.0 Å². The quantitative estimate of drug-likeness (QED) is 0.532. The van der Waals surface area contributed by atoms with Gasteiger partial charge in [-0.15, -0.1) is 0 Å². The lowest BCUT2D eigenvalue weighted by Gasteiger charge is -2.19. The van der Waals surface area contributed by atoms with Crippen molar-refractivity contribution in [3.8, 4) is 0 Å². The zero-order valence-corrected chi connectivity index (χ0v) is 14.5. The predicted molar refractivity (Wildman–Crippen MR) is 97.6 cm³/mol. The Balaban J connectivity index is 1.90. The highest BCUT2D eigenvalue weighted by molar-refractivity contribution is 6.20. The van der Waals surface area contributed by atoms with Gasteiger partial charge in [0.05, 0.1) is 11.4 Å². The Bertz CT molecular complexity index is 632. The summed E-state index contributed by atoms with van der Waals surface area (Å²) in [7, 11) is 0. The zero-order valence-electron chi connectivity index (χ0n) is 14.5. The molecule has 1 aromatic rings. The number of carbonyl (C=O) groups is 2. The second-order valence-corrected chi connectivity index (χ2v) is 6.23. The van der Waals surface area contributed by atoms with Gasteiger partial charge in [-0.2, -0.15) is 0 Å². The fourth-order valence-corrected chi connectivity index (χ4v) is 2.66. The van der Waals surface area contributed by atoms with Crippen molar-refractivity contribution in [1.82, 2.24) is 5.32 Å². The van der Waals surface area contributed by atoms with Crippen LogP contribution in [0, 0.1) is 0 Å². The van der Waals surface area contributed by atoms with Crippen molar-refractivity contribution >= 4 is 17.3 Å². The number of benzene rings is 1. The monoisotopic (exact) mass is 326 g/mol. The number of ketones is 2. The van der Waals surface area contributed by atoms with E-state index < -0.39 is 0 Å². The largest absolute Gasteiger partial charge is 0.379 e. The van der Waals surface area contributed by atoms with Crippen molar-refractivity contribution in [2.75, 3.05) is 5.32 Å². The van der Waals surface area contributed by atoms with Crippen molar-refractivity contribution in [1.29, 1.82) is 0 Å². The first kappa shape index (κ1) is 18.0. The number of allylic oxidation sites excluding steroid dienone is 2. The molecule has 1 unspecified atom stereocenters. The minimum Gasteiger partial charge on any atom is -0.379 e. The topological polar surface area (TPSA) is 58.2 Å². The Labute approximate surface area is 144 Å². The molecule has 0 fully saturated rings. The van der Waals surface area contributed by atoms with Crippen LogP contribution in [-0.4, -0.2) is 17.6 Å². The zero-order chi connectivity index (χ0) is 17.4. The van der Waals surface area contributed by atoms with Gasteiger partial charge in [0.2, 0.25) is 11.6 Å². The normalized spacial score (nSPS) is 15.6. The third-order valence-corrected chi connectivity index (χ3v) is 4.03. The van der Waals surface area contributed by atoms with Gasteiger partial charge in [0.15, 0.2) is 0 Å². The molecule has 1 atom stereocenters. The van der Waals surface area contributed by atoms with E-state index in [4.69, 9.17) is 0 Å². The molecular weight excluding hydrogens is 300 g/mol. The Morgan fingerprint density at radius 3 is 2.29 bits per heavy atom. The van der Waals surface area contributed by atoms with Gasteiger partial charge in [-0.25, -0.2) is 0 Å². The molecule has 1 aliphatic carbocycles. The maximum absolute atomic E-state index is 12.3. The van der Waals surface area contributed by atoms with E-state index in [-0.39, 0.29) is 17.6 Å². The van der Waals surface area contributed by atoms with Crippen molar-refractivity contribution in [2.24, 2.45) is 0 Å². The first-order valence-electron chi connectivity index (χ1n) is 8.71. The molecule has 128 valence electrons. The van der Waals surface area contributed by atoms with Crippen LogP contribution in [0.4, 0.5) is 5.69 Å². The van der Waals surface area contributed by atoms with Crippen LogP contribution in [0.15, 0.2) is 53.9 Å². The van der Waals surface area contributed by atoms with Crippen molar-refractivity contribution in [3.63, 3.8) is 0 Å². The van der Waals surface area contributed by atoms with E-state index in [1.165, 1.54) is 31.4 Å². The molecule has 0 bridgehead atoms. The fourth-order valence-electron chi connectivity index (χ4n) is 2.66. The first-order valence-corrected chi connectivity index (χ1v) is 8.71. The molecule has 0 amide bonds. The number of unbranched alkanes of at least 4 members (excludes halogenated alkanes) is 3. The highest BCUT2D eigenvalue weighted by Gasteiger charge is 2.21. The summed E-state index contributed by atoms with van der Waals surface area (Å²) < 4.78 is 0. The summed E-state index contributed by atoms with van der Waals surface area (Å²) in [5.74, 6) is -0.340. The van der Waals surface area contributed by atoms with Gasteiger partial charge in [0.25, 0.3) is 0 Å². The van der Waals surface area contributed by atoms with E-state index in [2.05, 4.69) is 17.6 Å². The molecule has 0 aliphatic heterocycles. The Kier molecular flexibility index (Phi) is 6.79. The van der Waals surface area contributed by atoms with Crippen LogP contribution in [0.3, 0.4) is 0 Å². The van der Waals surface area contributed by atoms with E-state index in [1.807, 2.05) is 37.3 Å². The summed E-state index contributed by atoms with van der Waals surface area (Å²) >= 11 is 0. The van der Waals surface area contributed by atoms with Crippen molar-refractivity contribution in [3.05, 3.63) is 53.9 Å². The smallest absolute Gasteiger partial charge is 0.204 e. The van der Waals surface area contributed by atoms with E-state index in [0.29, 0.717) is 11.4 Å². The van der Waals surface area contributed by atoms with E-state index in [0.717, 1.165) is 18.5 Å². The predicted octanol–water partition coefficient (Wildman–Crippen LogP) is 3.97. The van der Waals surface area contributed by atoms with Crippen LogP contribution >= 0.6 is 0 Å². The number of para-hydroxylation sites is 1. The van der Waals surface area contributed by atoms with Gasteiger partial charge < -0.3 is 10.6 Å². The number of rotatable bonds is 9. The van der Waals surface area contributed by atoms with Crippen LogP contribution in [-0.2, 0) is 9.59 Å². The third-order valence-electron chi connectivity index (χ3n) is 4.03. The average molecular weight is 326 g/mol. The number of carbonyl (C=O) groups excluding carboxylic acids is 2. The molecule has 1 aromatic carbocycles. The number of nitrogens with one attached hydrogen (secondary N) is 2. The maximum atomic E-state index is 12.3. The standard InChI is InChI=1S/C20H26N2O2/c1-3-4-5-7-10-15(2)21-17-13-20(24)18(14-19(17)23)22-16-11-8-6-9-12-16/h6,8-9,11-15,21-22H,3-5,7,10H2,1-2H3. The van der Waals surface area contributed by atoms with Crippen molar-refractivity contribution in [2.45, 2.75) is 52.0 Å². The van der Waals surface area contributed by atoms with Gasteiger partial charge in [-0.05, 0) is 25.5 Å². The minimum absolute atomic E-state index is 0.159. The van der Waals surface area contributed by atoms with Crippen molar-refractivity contribution < 1.29 is 9.59 Å². The van der Waals surface area contributed by atoms with Crippen LogP contribution < -0.4 is 10.6 Å². The first-order chi connectivity index (χ1) is 11.6. The minimum atomic E-state index is -0.181. The summed E-state index contributed by atoms with van der Waals surface area (Å²) in [4.78, 5) is 24.5. The molecule has 24 heavy (non-hydrogen) atoms. The molecule has 0 aromatic heterocycles. The Morgan fingerprint density at radius 1 is 0.917 bits per heavy atom. The second-order valence-electron chi connectivity index (χ2n) is 6.23. The van der Waals surface area contributed by atoms with Gasteiger partial charge in [-0.1, -0.05) is 50.8 Å². The highest BCUT2D eigenvalue weighted by Crippen LogP contribution is 2.16. The highest BCUT2D eigenvalue weighted by atomic mass is 16.1. The van der Waals surface area contributed by atoms with Gasteiger partial charge in [-0.3, -0.25) is 9.59 Å².